The molecule has 0 aliphatic carbocycles. The SMILES string of the molecule is CC1CC(C)CN(CCCNC(=O)c2ccc3c(c2)N(Cc2ccc(F)cc2)C(=O)/C(=C/c2ccccc2)S3)C1. The number of benzene rings is 3. The van der Waals surface area contributed by atoms with E-state index in [0.717, 1.165) is 53.9 Å². The molecular weight excluding hydrogens is 521 g/mol. The number of fused-ring (bicyclic) bond motifs is 1. The second-order valence-electron chi connectivity index (χ2n) is 11.0. The third-order valence-electron chi connectivity index (χ3n) is 7.42. The van der Waals surface area contributed by atoms with Crippen LogP contribution in [0.4, 0.5) is 10.1 Å². The zero-order chi connectivity index (χ0) is 28.1. The van der Waals surface area contributed by atoms with Crippen LogP contribution in [0.15, 0.2) is 82.6 Å². The fourth-order valence-corrected chi connectivity index (χ4v) is 6.70. The van der Waals surface area contributed by atoms with Gasteiger partial charge in [-0.05, 0) is 78.8 Å². The predicted octanol–water partition coefficient (Wildman–Crippen LogP) is 6.60. The fraction of sp³-hybridized carbons (Fsp3) is 0.333. The van der Waals surface area contributed by atoms with Crippen LogP contribution in [-0.2, 0) is 11.3 Å². The second-order valence-corrected chi connectivity index (χ2v) is 12.1. The highest BCUT2D eigenvalue weighted by Gasteiger charge is 2.30. The first-order chi connectivity index (χ1) is 19.4. The molecule has 7 heteroatoms. The molecule has 3 aromatic rings. The minimum atomic E-state index is -0.322. The minimum absolute atomic E-state index is 0.145. The number of thioether (sulfide) groups is 1. The minimum Gasteiger partial charge on any atom is -0.352 e. The van der Waals surface area contributed by atoms with Crippen molar-refractivity contribution >= 4 is 35.3 Å². The number of nitrogens with one attached hydrogen (secondary N) is 1. The number of halogens is 1. The second kappa shape index (κ2) is 12.8. The maximum Gasteiger partial charge on any atom is 0.265 e. The molecule has 0 saturated carbocycles. The third-order valence-corrected chi connectivity index (χ3v) is 8.50. The van der Waals surface area contributed by atoms with Gasteiger partial charge in [0.25, 0.3) is 11.8 Å². The molecular formula is C33H36FN3O2S. The van der Waals surface area contributed by atoms with Crippen LogP contribution in [0.25, 0.3) is 6.08 Å². The topological polar surface area (TPSA) is 52.7 Å². The Morgan fingerprint density at radius 3 is 2.48 bits per heavy atom. The lowest BCUT2D eigenvalue weighted by atomic mass is 9.92. The first kappa shape index (κ1) is 28.1. The summed E-state index contributed by atoms with van der Waals surface area (Å²) < 4.78 is 13.6. The Hall–Kier alpha value is -3.42. The molecule has 1 fully saturated rings. The summed E-state index contributed by atoms with van der Waals surface area (Å²) in [5, 5.41) is 3.06. The number of likely N-dealkylation sites (tertiary alicyclic amines) is 1. The van der Waals surface area contributed by atoms with Crippen molar-refractivity contribution < 1.29 is 14.0 Å². The Kier molecular flexibility index (Phi) is 9.02. The Bertz CT molecular complexity index is 1370. The molecule has 40 heavy (non-hydrogen) atoms. The summed E-state index contributed by atoms with van der Waals surface area (Å²) in [6.45, 7) is 8.72. The summed E-state index contributed by atoms with van der Waals surface area (Å²) in [7, 11) is 0. The third kappa shape index (κ3) is 7.01. The highest BCUT2D eigenvalue weighted by Crippen LogP contribution is 2.43. The van der Waals surface area contributed by atoms with Gasteiger partial charge in [-0.3, -0.25) is 9.59 Å². The lowest BCUT2D eigenvalue weighted by Crippen LogP contribution is -2.40. The molecule has 2 aliphatic rings. The van der Waals surface area contributed by atoms with Crippen LogP contribution in [0.1, 0.15) is 48.2 Å². The molecule has 3 aromatic carbocycles. The van der Waals surface area contributed by atoms with Gasteiger partial charge in [0.05, 0.1) is 17.1 Å². The molecule has 208 valence electrons. The summed E-state index contributed by atoms with van der Waals surface area (Å²) in [4.78, 5) is 32.5. The molecule has 1 N–H and O–H groups in total. The van der Waals surface area contributed by atoms with Crippen molar-refractivity contribution in [2.24, 2.45) is 11.8 Å². The van der Waals surface area contributed by atoms with E-state index in [1.54, 1.807) is 23.1 Å². The number of anilines is 1. The van der Waals surface area contributed by atoms with Gasteiger partial charge in [-0.15, -0.1) is 0 Å². The Balaban J connectivity index is 1.32. The average molecular weight is 558 g/mol. The van der Waals surface area contributed by atoms with E-state index in [-0.39, 0.29) is 24.2 Å². The standard InChI is InChI=1S/C33H36FN3O2S/c1-23-17-24(2)21-36(20-23)16-6-15-35-32(38)27-11-14-30-29(19-27)37(22-26-9-12-28(34)13-10-26)33(39)31(40-30)18-25-7-4-3-5-8-25/h3-5,7-14,18-19,23-24H,6,15-17,20-22H2,1-2H3,(H,35,38)/b31-18-. The number of carbonyl (C=O) groups is 2. The van der Waals surface area contributed by atoms with E-state index in [0.29, 0.717) is 22.7 Å². The normalized spacial score (nSPS) is 20.4. The summed E-state index contributed by atoms with van der Waals surface area (Å²) in [6.07, 6.45) is 4.07. The molecule has 5 nitrogen and oxygen atoms in total. The molecule has 1 saturated heterocycles. The Morgan fingerprint density at radius 2 is 1.75 bits per heavy atom. The van der Waals surface area contributed by atoms with Crippen LogP contribution < -0.4 is 10.2 Å². The van der Waals surface area contributed by atoms with Gasteiger partial charge in [0.15, 0.2) is 0 Å². The molecule has 0 aromatic heterocycles. The summed E-state index contributed by atoms with van der Waals surface area (Å²) in [6, 6.07) is 21.4. The summed E-state index contributed by atoms with van der Waals surface area (Å²) >= 11 is 1.41. The van der Waals surface area contributed by atoms with Crippen molar-refractivity contribution in [1.29, 1.82) is 0 Å². The average Bonchev–Trinajstić information content (AvgIpc) is 2.94. The largest absolute Gasteiger partial charge is 0.352 e. The van der Waals surface area contributed by atoms with Crippen molar-refractivity contribution in [3.05, 3.63) is 100 Å². The molecule has 5 rings (SSSR count). The van der Waals surface area contributed by atoms with Gasteiger partial charge in [0.2, 0.25) is 0 Å². The van der Waals surface area contributed by atoms with Gasteiger partial charge in [-0.25, -0.2) is 4.39 Å². The molecule has 0 bridgehead atoms. The number of hydrogen-bond acceptors (Lipinski definition) is 4. The van der Waals surface area contributed by atoms with Crippen LogP contribution in [0.3, 0.4) is 0 Å². The van der Waals surface area contributed by atoms with Gasteiger partial charge >= 0.3 is 0 Å². The molecule has 2 aliphatic heterocycles. The van der Waals surface area contributed by atoms with Gasteiger partial charge < -0.3 is 15.1 Å². The van der Waals surface area contributed by atoms with E-state index in [2.05, 4.69) is 24.1 Å². The molecule has 0 radical (unpaired) electrons. The van der Waals surface area contributed by atoms with Crippen LogP contribution in [0.2, 0.25) is 0 Å². The van der Waals surface area contributed by atoms with E-state index < -0.39 is 0 Å². The highest BCUT2D eigenvalue weighted by atomic mass is 32.2. The zero-order valence-corrected chi connectivity index (χ0v) is 23.9. The number of piperidine rings is 1. The molecule has 2 unspecified atom stereocenters. The number of nitrogens with zero attached hydrogens (tertiary/aromatic N) is 2. The van der Waals surface area contributed by atoms with Gasteiger partial charge in [0, 0.05) is 30.1 Å². The smallest absolute Gasteiger partial charge is 0.265 e. The van der Waals surface area contributed by atoms with Crippen LogP contribution >= 0.6 is 11.8 Å². The van der Waals surface area contributed by atoms with Crippen LogP contribution in [0.5, 0.6) is 0 Å². The lowest BCUT2D eigenvalue weighted by Gasteiger charge is -2.34. The molecule has 2 amide bonds. The maximum atomic E-state index is 13.7. The van der Waals surface area contributed by atoms with Crippen molar-refractivity contribution in [3.8, 4) is 0 Å². The van der Waals surface area contributed by atoms with Gasteiger partial charge in [0.1, 0.15) is 5.82 Å². The maximum absolute atomic E-state index is 13.7. The fourth-order valence-electron chi connectivity index (χ4n) is 5.66. The molecule has 2 atom stereocenters. The van der Waals surface area contributed by atoms with E-state index >= 15 is 0 Å². The van der Waals surface area contributed by atoms with Crippen LogP contribution in [-0.4, -0.2) is 42.9 Å². The van der Waals surface area contributed by atoms with E-state index in [1.807, 2.05) is 48.5 Å². The Morgan fingerprint density at radius 1 is 1.02 bits per heavy atom. The summed E-state index contributed by atoms with van der Waals surface area (Å²) in [5.74, 6) is 0.824. The number of amides is 2. The van der Waals surface area contributed by atoms with Gasteiger partial charge in [-0.1, -0.05) is 68.1 Å². The van der Waals surface area contributed by atoms with Gasteiger partial charge in [-0.2, -0.15) is 0 Å². The number of hydrogen-bond donors (Lipinski definition) is 1. The monoisotopic (exact) mass is 557 g/mol. The molecule has 2 heterocycles. The van der Waals surface area contributed by atoms with Crippen molar-refractivity contribution in [1.82, 2.24) is 10.2 Å². The van der Waals surface area contributed by atoms with E-state index in [4.69, 9.17) is 0 Å². The van der Waals surface area contributed by atoms with Crippen LogP contribution in [0, 0.1) is 17.7 Å². The van der Waals surface area contributed by atoms with E-state index in [1.165, 1.54) is 30.3 Å². The Labute approximate surface area is 240 Å². The lowest BCUT2D eigenvalue weighted by molar-refractivity contribution is -0.114. The quantitative estimate of drug-likeness (QED) is 0.250. The molecule has 0 spiro atoms. The first-order valence-electron chi connectivity index (χ1n) is 14.0. The predicted molar refractivity (Wildman–Crippen MR) is 161 cm³/mol. The number of rotatable bonds is 8. The van der Waals surface area contributed by atoms with Crippen molar-refractivity contribution in [2.75, 3.05) is 31.1 Å². The van der Waals surface area contributed by atoms with Crippen molar-refractivity contribution in [2.45, 2.75) is 38.1 Å². The zero-order valence-electron chi connectivity index (χ0n) is 23.1. The highest BCUT2D eigenvalue weighted by molar-refractivity contribution is 8.04. The van der Waals surface area contributed by atoms with Crippen molar-refractivity contribution in [3.63, 3.8) is 0 Å². The number of carbonyl (C=O) groups excluding carboxylic acids is 2. The summed E-state index contributed by atoms with van der Waals surface area (Å²) in [5.41, 5.74) is 2.95. The first-order valence-corrected chi connectivity index (χ1v) is 14.8. The van der Waals surface area contributed by atoms with E-state index in [9.17, 15) is 14.0 Å².